The molecule has 3 aromatic rings. The Kier molecular flexibility index (Phi) is 11.5. The molecule has 0 aliphatic carbocycles. The van der Waals surface area contributed by atoms with Gasteiger partial charge in [0, 0.05) is 31.3 Å². The molecule has 2 aromatic heterocycles. The summed E-state index contributed by atoms with van der Waals surface area (Å²) in [5.74, 6) is -1.80. The van der Waals surface area contributed by atoms with Gasteiger partial charge in [0.05, 0.1) is 19.3 Å². The van der Waals surface area contributed by atoms with E-state index in [4.69, 9.17) is 16.2 Å². The van der Waals surface area contributed by atoms with Crippen molar-refractivity contribution in [2.45, 2.75) is 37.8 Å². The first kappa shape index (κ1) is 35.2. The van der Waals surface area contributed by atoms with Crippen LogP contribution in [0.3, 0.4) is 0 Å². The first-order chi connectivity index (χ1) is 21.0. The molecule has 1 unspecified atom stereocenters. The van der Waals surface area contributed by atoms with E-state index in [1.165, 1.54) is 18.3 Å². The fourth-order valence-corrected chi connectivity index (χ4v) is 6.22. The van der Waals surface area contributed by atoms with Crippen molar-refractivity contribution in [1.82, 2.24) is 30.6 Å². The number of rotatable bonds is 14. The van der Waals surface area contributed by atoms with Crippen LogP contribution in [0.25, 0.3) is 11.0 Å². The zero-order valence-electron chi connectivity index (χ0n) is 24.1. The molecule has 10 N–H and O–H groups in total. The lowest BCUT2D eigenvalue weighted by atomic mass is 10.1. The second kappa shape index (κ2) is 14.7. The van der Waals surface area contributed by atoms with Crippen LogP contribution in [0.1, 0.15) is 35.9 Å². The molecule has 1 atom stereocenters. The van der Waals surface area contributed by atoms with Gasteiger partial charge >= 0.3 is 21.2 Å². The third-order valence-electron chi connectivity index (χ3n) is 6.28. The SMILES string of the molecule is CCOC(=O)C(CCC(=O)NCC(P(=O)(O)O)P(=O)(O)O)NC(=O)c1ccc(N(C)Cc2ncc3nc(N)nc(N)c3n2)cc1. The predicted molar refractivity (Wildman–Crippen MR) is 161 cm³/mol. The molecule has 21 heteroatoms. The van der Waals surface area contributed by atoms with Crippen LogP contribution in [0.5, 0.6) is 0 Å². The van der Waals surface area contributed by atoms with E-state index < -0.39 is 57.4 Å². The van der Waals surface area contributed by atoms with Gasteiger partial charge in [0.2, 0.25) is 11.9 Å². The van der Waals surface area contributed by atoms with Crippen LogP contribution >= 0.6 is 15.2 Å². The molecule has 3 rings (SSSR count). The number of nitrogen functional groups attached to an aromatic ring is 2. The molecule has 0 aliphatic heterocycles. The van der Waals surface area contributed by atoms with Crippen LogP contribution in [0, 0.1) is 0 Å². The van der Waals surface area contributed by atoms with Gasteiger partial charge in [0.25, 0.3) is 5.91 Å². The van der Waals surface area contributed by atoms with Crippen LogP contribution < -0.4 is 27.0 Å². The number of fused-ring (bicyclic) bond motifs is 1. The Morgan fingerprint density at radius 2 is 1.67 bits per heavy atom. The van der Waals surface area contributed by atoms with E-state index in [1.807, 2.05) is 5.32 Å². The van der Waals surface area contributed by atoms with E-state index in [0.29, 0.717) is 22.5 Å². The van der Waals surface area contributed by atoms with Gasteiger partial charge in [-0.2, -0.15) is 4.98 Å². The zero-order chi connectivity index (χ0) is 33.5. The number of nitrogens with zero attached hydrogens (tertiary/aromatic N) is 5. The summed E-state index contributed by atoms with van der Waals surface area (Å²) < 4.78 is 27.8. The molecule has 0 fully saturated rings. The fraction of sp³-hybridized carbons (Fsp3) is 0.375. The second-order valence-electron chi connectivity index (χ2n) is 9.67. The summed E-state index contributed by atoms with van der Waals surface area (Å²) in [7, 11) is -8.71. The number of ether oxygens (including phenoxy) is 1. The quantitative estimate of drug-likeness (QED) is 0.0789. The van der Waals surface area contributed by atoms with Gasteiger partial charge in [-0.1, -0.05) is 0 Å². The van der Waals surface area contributed by atoms with Gasteiger partial charge < -0.3 is 51.3 Å². The number of nitrogens with two attached hydrogens (primary N) is 2. The normalized spacial score (nSPS) is 12.5. The zero-order valence-corrected chi connectivity index (χ0v) is 25.9. The molecule has 0 radical (unpaired) electrons. The summed E-state index contributed by atoms with van der Waals surface area (Å²) in [6.07, 6.45) is 0.768. The van der Waals surface area contributed by atoms with Crippen molar-refractivity contribution in [3.05, 3.63) is 41.9 Å². The number of carbonyl (C=O) groups is 3. The van der Waals surface area contributed by atoms with Crippen molar-refractivity contribution in [2.24, 2.45) is 0 Å². The van der Waals surface area contributed by atoms with E-state index in [-0.39, 0.29) is 36.9 Å². The highest BCUT2D eigenvalue weighted by Gasteiger charge is 2.43. The highest BCUT2D eigenvalue weighted by Crippen LogP contribution is 2.59. The molecule has 0 saturated carbocycles. The summed E-state index contributed by atoms with van der Waals surface area (Å²) in [6, 6.07) is 5.05. The van der Waals surface area contributed by atoms with Gasteiger partial charge in [-0.25, -0.2) is 19.7 Å². The Balaban J connectivity index is 1.62. The predicted octanol–water partition coefficient (Wildman–Crippen LogP) is -0.540. The smallest absolute Gasteiger partial charge is 0.342 e. The molecule has 0 bridgehead atoms. The van der Waals surface area contributed by atoms with Crippen molar-refractivity contribution in [1.29, 1.82) is 0 Å². The first-order valence-electron chi connectivity index (χ1n) is 13.2. The number of amides is 2. The molecule has 0 aliphatic rings. The number of benzene rings is 1. The standard InChI is InChI=1S/C24H33N9O10P2/c1-3-43-23(36)15(8-9-18(34)28-11-19(44(37,38)39)45(40,41)42)29-22(35)13-4-6-14(7-5-13)33(2)12-17-27-10-16-20(31-17)21(25)32-24(26)30-16/h4-7,10,15,19H,3,8-9,11-12H2,1-2H3,(H,28,34)(H,29,35)(H2,37,38,39)(H2,40,41,42)(H4,25,26,30,32). The topological polar surface area (TPSA) is 306 Å². The van der Waals surface area contributed by atoms with Gasteiger partial charge in [-0.15, -0.1) is 0 Å². The van der Waals surface area contributed by atoms with Crippen LogP contribution in [-0.4, -0.2) is 88.9 Å². The number of hydrogen-bond donors (Lipinski definition) is 8. The van der Waals surface area contributed by atoms with E-state index in [0.717, 1.165) is 0 Å². The molecular formula is C24H33N9O10P2. The number of carbonyl (C=O) groups excluding carboxylic acids is 3. The molecule has 1 aromatic carbocycles. The van der Waals surface area contributed by atoms with Crippen molar-refractivity contribution in [3.63, 3.8) is 0 Å². The van der Waals surface area contributed by atoms with Gasteiger partial charge in [0.15, 0.2) is 11.2 Å². The first-order valence-corrected chi connectivity index (χ1v) is 16.6. The lowest BCUT2D eigenvalue weighted by molar-refractivity contribution is -0.145. The maximum absolute atomic E-state index is 12.9. The Bertz CT molecular complexity index is 1630. The van der Waals surface area contributed by atoms with Crippen LogP contribution in [0.2, 0.25) is 0 Å². The molecule has 2 amide bonds. The number of hydrogen-bond acceptors (Lipinski definition) is 13. The lowest BCUT2D eigenvalue weighted by Crippen LogP contribution is -2.43. The van der Waals surface area contributed by atoms with Crippen LogP contribution in [-0.2, 0) is 30.0 Å². The monoisotopic (exact) mass is 669 g/mol. The van der Waals surface area contributed by atoms with Gasteiger partial charge in [-0.05, 0) is 37.6 Å². The maximum Gasteiger partial charge on any atom is 0.342 e. The summed E-state index contributed by atoms with van der Waals surface area (Å²) in [4.78, 5) is 92.8. The Morgan fingerprint density at radius 3 is 2.27 bits per heavy atom. The van der Waals surface area contributed by atoms with E-state index in [1.54, 1.807) is 31.0 Å². The minimum absolute atomic E-state index is 0.00599. The van der Waals surface area contributed by atoms with Crippen molar-refractivity contribution in [2.75, 3.05) is 36.6 Å². The van der Waals surface area contributed by atoms with Gasteiger partial charge in [-0.3, -0.25) is 18.7 Å². The summed E-state index contributed by atoms with van der Waals surface area (Å²) in [5, 5.41) is 2.10. The van der Waals surface area contributed by atoms with Crippen molar-refractivity contribution < 1.29 is 47.8 Å². The van der Waals surface area contributed by atoms with E-state index >= 15 is 0 Å². The van der Waals surface area contributed by atoms with Crippen molar-refractivity contribution >= 4 is 61.5 Å². The minimum Gasteiger partial charge on any atom is -0.464 e. The molecule has 0 saturated heterocycles. The van der Waals surface area contributed by atoms with Crippen LogP contribution in [0.4, 0.5) is 17.5 Å². The summed E-state index contributed by atoms with van der Waals surface area (Å²) >= 11 is 0. The molecule has 2 heterocycles. The molecular weight excluding hydrogens is 636 g/mol. The molecule has 19 nitrogen and oxygen atoms in total. The Morgan fingerprint density at radius 1 is 1.02 bits per heavy atom. The van der Waals surface area contributed by atoms with Crippen LogP contribution in [0.15, 0.2) is 30.5 Å². The number of nitrogens with one attached hydrogen (secondary N) is 2. The largest absolute Gasteiger partial charge is 0.464 e. The summed E-state index contributed by atoms with van der Waals surface area (Å²) in [6.45, 7) is 0.792. The van der Waals surface area contributed by atoms with E-state index in [2.05, 4.69) is 25.3 Å². The number of esters is 1. The number of anilines is 3. The fourth-order valence-electron chi connectivity index (χ4n) is 3.99. The highest BCUT2D eigenvalue weighted by atomic mass is 31.2. The second-order valence-corrected chi connectivity index (χ2v) is 13.7. The molecule has 45 heavy (non-hydrogen) atoms. The third kappa shape index (κ3) is 9.87. The lowest BCUT2D eigenvalue weighted by Gasteiger charge is -2.21. The average Bonchev–Trinajstić information content (AvgIpc) is 2.94. The molecule has 0 spiro atoms. The van der Waals surface area contributed by atoms with Crippen molar-refractivity contribution in [3.8, 4) is 0 Å². The highest BCUT2D eigenvalue weighted by molar-refractivity contribution is 7.70. The van der Waals surface area contributed by atoms with Gasteiger partial charge in [0.1, 0.15) is 22.9 Å². The molecule has 244 valence electrons. The Labute approximate surface area is 256 Å². The average molecular weight is 670 g/mol. The number of aromatic nitrogens is 4. The minimum atomic E-state index is -5.24. The maximum atomic E-state index is 12.9. The third-order valence-corrected chi connectivity index (χ3v) is 10.00. The van der Waals surface area contributed by atoms with E-state index in [9.17, 15) is 43.1 Å². The Hall–Kier alpha value is -4.25. The summed E-state index contributed by atoms with van der Waals surface area (Å²) in [5.41, 5.74) is 13.1.